The molecule has 2 nitrogen and oxygen atoms in total. The summed E-state index contributed by atoms with van der Waals surface area (Å²) < 4.78 is 0. The third-order valence-electron chi connectivity index (χ3n) is 4.84. The Morgan fingerprint density at radius 2 is 1.75 bits per heavy atom. The first kappa shape index (κ1) is 12.4. The minimum absolute atomic E-state index is 0.746. The van der Waals surface area contributed by atoms with Crippen LogP contribution in [0.4, 0.5) is 0 Å². The second kappa shape index (κ2) is 5.50. The van der Waals surface area contributed by atoms with Gasteiger partial charge in [0.25, 0.3) is 0 Å². The fourth-order valence-corrected chi connectivity index (χ4v) is 3.75. The Bertz CT molecular complexity index is 217. The van der Waals surface area contributed by atoms with E-state index in [9.17, 15) is 0 Å². The molecule has 1 saturated heterocycles. The van der Waals surface area contributed by atoms with Crippen molar-refractivity contribution in [3.8, 4) is 0 Å². The molecule has 1 N–H and O–H groups in total. The Labute approximate surface area is 101 Å². The van der Waals surface area contributed by atoms with Crippen LogP contribution < -0.4 is 5.32 Å². The van der Waals surface area contributed by atoms with Gasteiger partial charge >= 0.3 is 0 Å². The van der Waals surface area contributed by atoms with Gasteiger partial charge < -0.3 is 5.32 Å². The second-order valence-corrected chi connectivity index (χ2v) is 5.99. The van der Waals surface area contributed by atoms with Gasteiger partial charge in [0.15, 0.2) is 0 Å². The molecule has 4 unspecified atom stereocenters. The molecule has 0 spiro atoms. The van der Waals surface area contributed by atoms with E-state index in [1.165, 1.54) is 45.2 Å². The molecule has 0 aromatic carbocycles. The topological polar surface area (TPSA) is 15.3 Å². The quantitative estimate of drug-likeness (QED) is 0.775. The lowest BCUT2D eigenvalue weighted by molar-refractivity contribution is 0.0581. The minimum Gasteiger partial charge on any atom is -0.317 e. The molecule has 1 saturated carbocycles. The molecule has 4 atom stereocenters. The summed E-state index contributed by atoms with van der Waals surface area (Å²) in [4.78, 5) is 2.78. The van der Waals surface area contributed by atoms with E-state index in [-0.39, 0.29) is 0 Å². The zero-order chi connectivity index (χ0) is 11.5. The summed E-state index contributed by atoms with van der Waals surface area (Å²) in [5.41, 5.74) is 0. The normalized spacial score (nSPS) is 42.2. The van der Waals surface area contributed by atoms with Crippen molar-refractivity contribution in [2.24, 2.45) is 11.8 Å². The summed E-state index contributed by atoms with van der Waals surface area (Å²) in [6.07, 6.45) is 7.14. The van der Waals surface area contributed by atoms with Crippen LogP contribution in [-0.4, -0.2) is 37.1 Å². The molecule has 2 heteroatoms. The molecule has 0 amide bonds. The van der Waals surface area contributed by atoms with Crippen molar-refractivity contribution >= 4 is 0 Å². The zero-order valence-electron chi connectivity index (χ0n) is 11.2. The number of rotatable bonds is 2. The number of nitrogens with one attached hydrogen (secondary N) is 1. The fourth-order valence-electron chi connectivity index (χ4n) is 3.75. The van der Waals surface area contributed by atoms with Crippen LogP contribution in [0.3, 0.4) is 0 Å². The van der Waals surface area contributed by atoms with Gasteiger partial charge in [0, 0.05) is 18.6 Å². The minimum atomic E-state index is 0.746. The van der Waals surface area contributed by atoms with Crippen molar-refractivity contribution < 1.29 is 0 Å². The van der Waals surface area contributed by atoms with Gasteiger partial charge in [0.1, 0.15) is 0 Å². The van der Waals surface area contributed by atoms with Crippen LogP contribution in [-0.2, 0) is 0 Å². The van der Waals surface area contributed by atoms with Crippen molar-refractivity contribution in [3.05, 3.63) is 0 Å². The summed E-state index contributed by atoms with van der Waals surface area (Å²) in [5.74, 6) is 1.74. The summed E-state index contributed by atoms with van der Waals surface area (Å²) >= 11 is 0. The average Bonchev–Trinajstić information content (AvgIpc) is 2.29. The monoisotopic (exact) mass is 224 g/mol. The van der Waals surface area contributed by atoms with E-state index in [0.717, 1.165) is 23.9 Å². The molecule has 1 aliphatic heterocycles. The maximum Gasteiger partial charge on any atom is 0.0121 e. The van der Waals surface area contributed by atoms with E-state index in [0.29, 0.717) is 0 Å². The van der Waals surface area contributed by atoms with Gasteiger partial charge in [-0.15, -0.1) is 0 Å². The molecule has 16 heavy (non-hydrogen) atoms. The Kier molecular flexibility index (Phi) is 4.26. The molecular formula is C14H28N2. The lowest BCUT2D eigenvalue weighted by Gasteiger charge is -2.44. The maximum absolute atomic E-state index is 3.46. The lowest BCUT2D eigenvalue weighted by Crippen LogP contribution is -2.52. The summed E-state index contributed by atoms with van der Waals surface area (Å²) in [6, 6.07) is 1.63. The number of likely N-dealkylation sites (tertiary alicyclic amines) is 1. The lowest BCUT2D eigenvalue weighted by atomic mass is 9.82. The van der Waals surface area contributed by atoms with Crippen LogP contribution in [0.1, 0.15) is 46.0 Å². The smallest absolute Gasteiger partial charge is 0.0121 e. The van der Waals surface area contributed by atoms with Gasteiger partial charge in [-0.1, -0.05) is 26.7 Å². The SMILES string of the molecule is CNC1CCN(C2CCCCC2C)CC1C. The molecule has 94 valence electrons. The molecule has 0 bridgehead atoms. The van der Waals surface area contributed by atoms with Crippen LogP contribution in [0.15, 0.2) is 0 Å². The van der Waals surface area contributed by atoms with Crippen molar-refractivity contribution in [3.63, 3.8) is 0 Å². The Morgan fingerprint density at radius 1 is 1.00 bits per heavy atom. The van der Waals surface area contributed by atoms with Crippen molar-refractivity contribution in [2.45, 2.75) is 58.0 Å². The second-order valence-electron chi connectivity index (χ2n) is 5.99. The van der Waals surface area contributed by atoms with E-state index >= 15 is 0 Å². The first-order chi connectivity index (χ1) is 7.72. The molecule has 2 fully saturated rings. The predicted molar refractivity (Wildman–Crippen MR) is 69.6 cm³/mol. The van der Waals surface area contributed by atoms with Gasteiger partial charge in [0.2, 0.25) is 0 Å². The van der Waals surface area contributed by atoms with Crippen molar-refractivity contribution in [1.29, 1.82) is 0 Å². The van der Waals surface area contributed by atoms with Crippen LogP contribution in [0, 0.1) is 11.8 Å². The first-order valence-electron chi connectivity index (χ1n) is 7.13. The van der Waals surface area contributed by atoms with Gasteiger partial charge in [-0.05, 0) is 44.7 Å². The highest BCUT2D eigenvalue weighted by molar-refractivity contribution is 4.88. The number of hydrogen-bond donors (Lipinski definition) is 1. The third kappa shape index (κ3) is 2.60. The van der Waals surface area contributed by atoms with Crippen LogP contribution in [0.25, 0.3) is 0 Å². The molecule has 2 aliphatic rings. The highest BCUT2D eigenvalue weighted by atomic mass is 15.2. The van der Waals surface area contributed by atoms with E-state index in [2.05, 4.69) is 31.1 Å². The summed E-state index contributed by atoms with van der Waals surface area (Å²) in [7, 11) is 2.11. The van der Waals surface area contributed by atoms with Crippen molar-refractivity contribution in [2.75, 3.05) is 20.1 Å². The van der Waals surface area contributed by atoms with E-state index in [4.69, 9.17) is 0 Å². The van der Waals surface area contributed by atoms with Crippen molar-refractivity contribution in [1.82, 2.24) is 10.2 Å². The van der Waals surface area contributed by atoms with Crippen LogP contribution in [0.5, 0.6) is 0 Å². The van der Waals surface area contributed by atoms with Gasteiger partial charge in [0.05, 0.1) is 0 Å². The molecule has 0 aromatic heterocycles. The molecular weight excluding hydrogens is 196 g/mol. The predicted octanol–water partition coefficient (Wildman–Crippen LogP) is 2.49. The number of piperidine rings is 1. The van der Waals surface area contributed by atoms with Gasteiger partial charge in [-0.3, -0.25) is 4.90 Å². The van der Waals surface area contributed by atoms with E-state index in [1.807, 2.05) is 0 Å². The van der Waals surface area contributed by atoms with Crippen LogP contribution >= 0.6 is 0 Å². The Morgan fingerprint density at radius 3 is 2.38 bits per heavy atom. The van der Waals surface area contributed by atoms with E-state index in [1.54, 1.807) is 0 Å². The largest absolute Gasteiger partial charge is 0.317 e. The molecule has 1 aliphatic carbocycles. The van der Waals surface area contributed by atoms with Crippen LogP contribution in [0.2, 0.25) is 0 Å². The summed E-state index contributed by atoms with van der Waals surface area (Å²) in [5, 5.41) is 3.46. The summed E-state index contributed by atoms with van der Waals surface area (Å²) in [6.45, 7) is 7.48. The van der Waals surface area contributed by atoms with E-state index < -0.39 is 0 Å². The Hall–Kier alpha value is -0.0800. The molecule has 0 radical (unpaired) electrons. The standard InChI is InChI=1S/C14H28N2/c1-11-6-4-5-7-14(11)16-9-8-13(15-3)12(2)10-16/h11-15H,4-10H2,1-3H3. The van der Waals surface area contributed by atoms with Gasteiger partial charge in [-0.25, -0.2) is 0 Å². The van der Waals surface area contributed by atoms with Gasteiger partial charge in [-0.2, -0.15) is 0 Å². The Balaban J connectivity index is 1.90. The zero-order valence-corrected chi connectivity index (χ0v) is 11.2. The third-order valence-corrected chi connectivity index (χ3v) is 4.84. The molecule has 2 rings (SSSR count). The number of nitrogens with zero attached hydrogens (tertiary/aromatic N) is 1. The highest BCUT2D eigenvalue weighted by Gasteiger charge is 2.32. The average molecular weight is 224 g/mol. The number of hydrogen-bond acceptors (Lipinski definition) is 2. The molecule has 0 aromatic rings. The fraction of sp³-hybridized carbons (Fsp3) is 1.00. The highest BCUT2D eigenvalue weighted by Crippen LogP contribution is 2.30. The first-order valence-corrected chi connectivity index (χ1v) is 7.13. The maximum atomic E-state index is 3.46. The molecule has 1 heterocycles.